The molecule has 68 heavy (non-hydrogen) atoms. The second kappa shape index (κ2) is 20.5. The Hall–Kier alpha value is -5.64. The first kappa shape index (κ1) is 47.4. The van der Waals surface area contributed by atoms with Crippen molar-refractivity contribution in [1.82, 2.24) is 35.1 Å². The number of halogens is 1. The topological polar surface area (TPSA) is 178 Å². The zero-order valence-electron chi connectivity index (χ0n) is 39.3. The Morgan fingerprint density at radius 2 is 1.57 bits per heavy atom. The number of methoxy groups -OCH3 is 1. The van der Waals surface area contributed by atoms with E-state index in [1.165, 1.54) is 11.3 Å². The molecule has 4 aliphatic heterocycles. The van der Waals surface area contributed by atoms with Gasteiger partial charge in [0, 0.05) is 107 Å². The molecule has 18 heteroatoms. The zero-order valence-corrected chi connectivity index (χ0v) is 41.8. The first-order chi connectivity index (χ1) is 32.8. The van der Waals surface area contributed by atoms with Crippen molar-refractivity contribution in [2.75, 3.05) is 93.2 Å². The van der Waals surface area contributed by atoms with Gasteiger partial charge in [-0.25, -0.2) is 4.98 Å². The molecule has 0 aliphatic carbocycles. The van der Waals surface area contributed by atoms with E-state index in [0.29, 0.717) is 75.2 Å². The van der Waals surface area contributed by atoms with Gasteiger partial charge in [0.1, 0.15) is 24.2 Å². The molecule has 1 unspecified atom stereocenters. The SMILES string of the molecule is CCc1cc(Nc2ncc(Br)c(Nc3ccc4nccnc4c3P(C)(C)=O)n2)c(OC)cc1N1CCC(N2CCN(C(=O)CC3CCN(c4ccc(C5CCC(=O)NC5=O)cc4)CC3)CC2)CC1. The van der Waals surface area contributed by atoms with Crippen LogP contribution in [0, 0.1) is 5.92 Å². The number of aromatic nitrogens is 4. The molecule has 2 aromatic heterocycles. The van der Waals surface area contributed by atoms with Crippen molar-refractivity contribution in [1.29, 1.82) is 0 Å². The molecule has 3 N–H and O–H groups in total. The van der Waals surface area contributed by atoms with E-state index in [0.717, 1.165) is 101 Å². The summed E-state index contributed by atoms with van der Waals surface area (Å²) in [5.41, 5.74) is 7.13. The molecule has 4 fully saturated rings. The number of piperazine rings is 1. The Kier molecular flexibility index (Phi) is 14.3. The fourth-order valence-electron chi connectivity index (χ4n) is 10.4. The molecule has 4 aliphatic rings. The minimum absolute atomic E-state index is 0.195. The van der Waals surface area contributed by atoms with Gasteiger partial charge in [0.25, 0.3) is 0 Å². The fraction of sp³-hybridized carbons (Fsp3) is 0.460. The van der Waals surface area contributed by atoms with Crippen molar-refractivity contribution in [2.45, 2.75) is 70.3 Å². The van der Waals surface area contributed by atoms with Gasteiger partial charge in [-0.15, -0.1) is 0 Å². The number of anilines is 6. The number of fused-ring (bicyclic) bond motifs is 1. The van der Waals surface area contributed by atoms with Gasteiger partial charge in [0.15, 0.2) is 0 Å². The van der Waals surface area contributed by atoms with E-state index in [1.807, 2.05) is 24.3 Å². The molecule has 358 valence electrons. The number of ether oxygens (including phenoxy) is 1. The number of carbonyl (C=O) groups is 3. The van der Waals surface area contributed by atoms with E-state index in [1.54, 1.807) is 39.0 Å². The predicted molar refractivity (Wildman–Crippen MR) is 272 cm³/mol. The van der Waals surface area contributed by atoms with Gasteiger partial charge in [0.05, 0.1) is 39.7 Å². The summed E-state index contributed by atoms with van der Waals surface area (Å²) < 4.78 is 20.2. The van der Waals surface area contributed by atoms with Crippen LogP contribution in [-0.2, 0) is 25.4 Å². The van der Waals surface area contributed by atoms with Crippen LogP contribution in [0.3, 0.4) is 0 Å². The van der Waals surface area contributed by atoms with Crippen LogP contribution in [0.4, 0.5) is 34.5 Å². The summed E-state index contributed by atoms with van der Waals surface area (Å²) >= 11 is 3.60. The molecule has 5 aromatic rings. The molecule has 4 saturated heterocycles. The summed E-state index contributed by atoms with van der Waals surface area (Å²) in [5, 5.41) is 9.86. The number of rotatable bonds is 13. The van der Waals surface area contributed by atoms with Crippen LogP contribution in [-0.4, -0.2) is 126 Å². The lowest BCUT2D eigenvalue weighted by molar-refractivity contribution is -0.135. The average molecular weight is 1010 g/mol. The Labute approximate surface area is 406 Å². The monoisotopic (exact) mass is 1010 g/mol. The van der Waals surface area contributed by atoms with Gasteiger partial charge in [-0.1, -0.05) is 19.1 Å². The standard InChI is InChI=1S/C50H61BrN11O5P/c1-5-33-29-41(56-50-54-31-38(51)48(58-50)55-40-12-11-39-46(53-19-18-52-39)47(40)68(3,4)66)43(67-2)30-42(33)61-22-16-36(17-23-61)60-24-26-62(27-25-60)45(64)28-32-14-20-59(21-15-32)35-8-6-34(7-9-35)37-10-13-44(63)57-49(37)65/h6-9,11-12,18-19,29-32,36-37H,5,10,13-17,20-28H2,1-4H3,(H,57,63,65)(H2,54,55,56,58). The van der Waals surface area contributed by atoms with Crippen LogP contribution >= 0.6 is 23.1 Å². The van der Waals surface area contributed by atoms with Gasteiger partial charge in [-0.3, -0.25) is 34.6 Å². The number of piperidine rings is 3. The first-order valence-corrected chi connectivity index (χ1v) is 27.3. The third-order valence-electron chi connectivity index (χ3n) is 14.1. The highest BCUT2D eigenvalue weighted by atomic mass is 79.9. The van der Waals surface area contributed by atoms with Crippen LogP contribution in [0.25, 0.3) is 11.0 Å². The van der Waals surface area contributed by atoms with Gasteiger partial charge in [-0.2, -0.15) is 4.98 Å². The highest BCUT2D eigenvalue weighted by molar-refractivity contribution is 9.10. The minimum Gasteiger partial charge on any atom is -0.494 e. The van der Waals surface area contributed by atoms with E-state index < -0.39 is 7.14 Å². The summed E-state index contributed by atoms with van der Waals surface area (Å²) in [6.07, 6.45) is 11.4. The molecule has 3 aromatic carbocycles. The number of aryl methyl sites for hydroxylation is 1. The van der Waals surface area contributed by atoms with E-state index in [2.05, 4.69) is 97.6 Å². The quantitative estimate of drug-likeness (QED) is 0.0784. The molecule has 0 radical (unpaired) electrons. The molecular formula is C50H61BrN11O5P. The predicted octanol–water partition coefficient (Wildman–Crippen LogP) is 7.43. The van der Waals surface area contributed by atoms with Crippen LogP contribution in [0.15, 0.2) is 71.6 Å². The van der Waals surface area contributed by atoms with Crippen molar-refractivity contribution in [2.24, 2.45) is 5.92 Å². The molecule has 3 amide bonds. The second-order valence-electron chi connectivity index (χ2n) is 18.8. The molecule has 0 bridgehead atoms. The van der Waals surface area contributed by atoms with E-state index in [9.17, 15) is 18.9 Å². The maximum atomic E-state index is 13.5. The zero-order chi connectivity index (χ0) is 47.5. The summed E-state index contributed by atoms with van der Waals surface area (Å²) in [4.78, 5) is 65.3. The van der Waals surface area contributed by atoms with Gasteiger partial charge >= 0.3 is 0 Å². The number of nitrogens with zero attached hydrogens (tertiary/aromatic N) is 8. The van der Waals surface area contributed by atoms with Crippen molar-refractivity contribution >= 4 is 91.6 Å². The van der Waals surface area contributed by atoms with Crippen molar-refractivity contribution in [3.63, 3.8) is 0 Å². The summed E-state index contributed by atoms with van der Waals surface area (Å²) in [6, 6.07) is 16.7. The summed E-state index contributed by atoms with van der Waals surface area (Å²) in [6.45, 7) is 12.7. The van der Waals surface area contributed by atoms with E-state index >= 15 is 0 Å². The molecular weight excluding hydrogens is 945 g/mol. The molecule has 0 saturated carbocycles. The number of hydrogen-bond acceptors (Lipinski definition) is 14. The lowest BCUT2D eigenvalue weighted by Crippen LogP contribution is -2.54. The molecule has 0 spiro atoms. The van der Waals surface area contributed by atoms with Crippen molar-refractivity contribution in [3.05, 3.63) is 82.7 Å². The van der Waals surface area contributed by atoms with E-state index in [4.69, 9.17) is 9.72 Å². The van der Waals surface area contributed by atoms with Crippen LogP contribution < -0.4 is 35.8 Å². The summed E-state index contributed by atoms with van der Waals surface area (Å²) in [5.74, 6) is 1.57. The lowest BCUT2D eigenvalue weighted by atomic mass is 9.90. The first-order valence-electron chi connectivity index (χ1n) is 23.9. The number of benzene rings is 3. The average Bonchev–Trinajstić information content (AvgIpc) is 3.35. The maximum absolute atomic E-state index is 13.5. The Balaban J connectivity index is 0.756. The highest BCUT2D eigenvalue weighted by Gasteiger charge is 2.32. The van der Waals surface area contributed by atoms with Crippen molar-refractivity contribution in [3.8, 4) is 5.75 Å². The molecule has 16 nitrogen and oxygen atoms in total. The minimum atomic E-state index is -2.78. The van der Waals surface area contributed by atoms with Crippen molar-refractivity contribution < 1.29 is 23.7 Å². The Morgan fingerprint density at radius 3 is 2.26 bits per heavy atom. The van der Waals surface area contributed by atoms with Crippen LogP contribution in [0.1, 0.15) is 68.9 Å². The van der Waals surface area contributed by atoms with Gasteiger partial charge in [-0.05, 0) is 115 Å². The van der Waals surface area contributed by atoms with Crippen LogP contribution in [0.2, 0.25) is 0 Å². The number of hydrogen-bond donors (Lipinski definition) is 3. The Bertz CT molecular complexity index is 2710. The molecule has 1 atom stereocenters. The van der Waals surface area contributed by atoms with Crippen LogP contribution in [0.5, 0.6) is 5.75 Å². The third kappa shape index (κ3) is 10.5. The number of imide groups is 1. The van der Waals surface area contributed by atoms with Gasteiger partial charge in [0.2, 0.25) is 23.7 Å². The summed E-state index contributed by atoms with van der Waals surface area (Å²) in [7, 11) is -1.10. The largest absolute Gasteiger partial charge is 0.494 e. The lowest BCUT2D eigenvalue weighted by Gasteiger charge is -2.44. The van der Waals surface area contributed by atoms with Gasteiger partial charge < -0.3 is 34.6 Å². The maximum Gasteiger partial charge on any atom is 0.234 e. The molecule has 6 heterocycles. The second-order valence-corrected chi connectivity index (χ2v) is 22.8. The third-order valence-corrected chi connectivity index (χ3v) is 16.3. The highest BCUT2D eigenvalue weighted by Crippen LogP contribution is 2.42. The normalized spacial score (nSPS) is 19.0. The molecule has 9 rings (SSSR count). The van der Waals surface area contributed by atoms with E-state index in [-0.39, 0.29) is 23.6 Å². The smallest absolute Gasteiger partial charge is 0.234 e. The Morgan fingerprint density at radius 1 is 0.853 bits per heavy atom. The number of amides is 3. The number of nitrogens with one attached hydrogen (secondary N) is 3. The number of carbonyl (C=O) groups excluding carboxylic acids is 3. The fourth-order valence-corrected chi connectivity index (χ4v) is 12.1.